The maximum Gasteiger partial charge on any atom is 0.418 e. The summed E-state index contributed by atoms with van der Waals surface area (Å²) >= 11 is 0. The summed E-state index contributed by atoms with van der Waals surface area (Å²) in [4.78, 5) is 37.0. The quantitative estimate of drug-likeness (QED) is 0.284. The van der Waals surface area contributed by atoms with Crippen molar-refractivity contribution < 1.29 is 49.8 Å². The number of nitrogens with one attached hydrogen (secondary N) is 1. The van der Waals surface area contributed by atoms with E-state index in [-0.39, 0.29) is 34.3 Å². The van der Waals surface area contributed by atoms with Gasteiger partial charge in [-0.1, -0.05) is 36.4 Å². The van der Waals surface area contributed by atoms with Crippen LogP contribution in [0.15, 0.2) is 71.7 Å². The highest BCUT2D eigenvalue weighted by atomic mass is 19.4. The van der Waals surface area contributed by atoms with Crippen LogP contribution < -0.4 is 10.9 Å². The van der Waals surface area contributed by atoms with E-state index in [1.807, 2.05) is 5.32 Å². The molecule has 0 unspecified atom stereocenters. The van der Waals surface area contributed by atoms with Crippen LogP contribution >= 0.6 is 0 Å². The van der Waals surface area contributed by atoms with Crippen LogP contribution in [-0.4, -0.2) is 27.6 Å². The van der Waals surface area contributed by atoms with Crippen molar-refractivity contribution in [1.82, 2.24) is 9.88 Å². The lowest BCUT2D eigenvalue weighted by molar-refractivity contribution is -0.162. The molecule has 0 bridgehead atoms. The van der Waals surface area contributed by atoms with Gasteiger partial charge < -0.3 is 10.4 Å². The van der Waals surface area contributed by atoms with Crippen LogP contribution in [0.3, 0.4) is 0 Å². The molecule has 1 amide bonds. The molecule has 0 saturated heterocycles. The number of rotatable bonds is 6. The Hall–Kier alpha value is -4.75. The van der Waals surface area contributed by atoms with Crippen LogP contribution in [-0.2, 0) is 23.6 Å². The number of amides is 1. The smallest absolute Gasteiger partial charge is 0.418 e. The zero-order valence-electron chi connectivity index (χ0n) is 20.3. The summed E-state index contributed by atoms with van der Waals surface area (Å²) in [7, 11) is 0. The molecule has 4 aromatic rings. The average Bonchev–Trinajstić information content (AvgIpc) is 2.86. The van der Waals surface area contributed by atoms with Crippen LogP contribution in [0.2, 0.25) is 0 Å². The minimum atomic E-state index is -5.46. The molecular formula is C27H16F8N2O4. The first-order valence-corrected chi connectivity index (χ1v) is 11.5. The minimum Gasteiger partial charge on any atom is -0.480 e. The lowest BCUT2D eigenvalue weighted by Crippen LogP contribution is -2.43. The molecule has 3 aromatic carbocycles. The number of nitrogens with zero attached hydrogens (tertiary/aromatic N) is 1. The van der Waals surface area contributed by atoms with Crippen molar-refractivity contribution in [1.29, 1.82) is 0 Å². The summed E-state index contributed by atoms with van der Waals surface area (Å²) in [5, 5.41) is 11.9. The van der Waals surface area contributed by atoms with Crippen molar-refractivity contribution in [3.05, 3.63) is 111 Å². The van der Waals surface area contributed by atoms with E-state index in [4.69, 9.17) is 0 Å². The Morgan fingerprint density at radius 3 is 1.98 bits per heavy atom. The van der Waals surface area contributed by atoms with Gasteiger partial charge in [0.25, 0.3) is 11.5 Å². The molecule has 0 fully saturated rings. The molecular weight excluding hydrogens is 568 g/mol. The van der Waals surface area contributed by atoms with Crippen LogP contribution in [0.5, 0.6) is 0 Å². The van der Waals surface area contributed by atoms with Crippen molar-refractivity contribution in [2.45, 2.75) is 24.8 Å². The molecule has 0 radical (unpaired) electrons. The number of carbonyl (C=O) groups is 2. The predicted molar refractivity (Wildman–Crippen MR) is 129 cm³/mol. The van der Waals surface area contributed by atoms with Gasteiger partial charge in [-0.05, 0) is 29.1 Å². The third kappa shape index (κ3) is 5.90. The fraction of sp³-hybridized carbons (Fsp3) is 0.148. The zero-order chi connectivity index (χ0) is 30.3. The Balaban J connectivity index is 1.79. The summed E-state index contributed by atoms with van der Waals surface area (Å²) in [6.07, 6.45) is -11.4. The summed E-state index contributed by atoms with van der Waals surface area (Å²) in [6, 6.07) is 8.65. The van der Waals surface area contributed by atoms with E-state index in [1.54, 1.807) is 0 Å². The highest BCUT2D eigenvalue weighted by Crippen LogP contribution is 2.40. The third-order valence-electron chi connectivity index (χ3n) is 6.13. The van der Waals surface area contributed by atoms with Crippen LogP contribution in [0.1, 0.15) is 27.0 Å². The molecule has 0 aliphatic rings. The van der Waals surface area contributed by atoms with E-state index in [0.717, 1.165) is 18.2 Å². The maximum absolute atomic E-state index is 14.0. The predicted octanol–water partition coefficient (Wildman–Crippen LogP) is 5.73. The largest absolute Gasteiger partial charge is 0.480 e. The number of carboxylic acid groups (broad SMARTS) is 1. The summed E-state index contributed by atoms with van der Waals surface area (Å²) in [5.41, 5.74) is -6.72. The van der Waals surface area contributed by atoms with Gasteiger partial charge in [-0.2, -0.15) is 26.3 Å². The molecule has 0 aliphatic heterocycles. The van der Waals surface area contributed by atoms with Gasteiger partial charge in [-0.15, -0.1) is 0 Å². The molecule has 2 N–H and O–H groups in total. The van der Waals surface area contributed by atoms with Crippen molar-refractivity contribution in [2.75, 3.05) is 0 Å². The number of carboxylic acids is 1. The molecule has 214 valence electrons. The second-order valence-electron chi connectivity index (χ2n) is 8.76. The van der Waals surface area contributed by atoms with Gasteiger partial charge in [-0.3, -0.25) is 14.2 Å². The lowest BCUT2D eigenvalue weighted by Gasteiger charge is -2.19. The summed E-state index contributed by atoms with van der Waals surface area (Å²) in [5.74, 6) is -5.41. The monoisotopic (exact) mass is 584 g/mol. The number of pyridine rings is 1. The molecule has 1 heterocycles. The fourth-order valence-electron chi connectivity index (χ4n) is 4.29. The Morgan fingerprint density at radius 2 is 1.39 bits per heavy atom. The zero-order valence-corrected chi connectivity index (χ0v) is 20.3. The molecule has 0 aliphatic carbocycles. The lowest BCUT2D eigenvalue weighted by atomic mass is 9.97. The van der Waals surface area contributed by atoms with Crippen LogP contribution in [0.25, 0.3) is 16.5 Å². The Kier molecular flexibility index (Phi) is 7.61. The Bertz CT molecular complexity index is 1710. The van der Waals surface area contributed by atoms with E-state index in [9.17, 15) is 54.6 Å². The van der Waals surface area contributed by atoms with Gasteiger partial charge >= 0.3 is 18.3 Å². The average molecular weight is 584 g/mol. The van der Waals surface area contributed by atoms with E-state index in [2.05, 4.69) is 0 Å². The molecule has 41 heavy (non-hydrogen) atoms. The molecule has 1 atom stereocenters. The second-order valence-corrected chi connectivity index (χ2v) is 8.76. The molecule has 4 rings (SSSR count). The van der Waals surface area contributed by atoms with Crippen LogP contribution in [0, 0.1) is 11.6 Å². The number of hydrogen-bond acceptors (Lipinski definition) is 3. The Labute approximate surface area is 224 Å². The first kappa shape index (κ1) is 29.2. The summed E-state index contributed by atoms with van der Waals surface area (Å²) < 4.78 is 109. The number of aromatic nitrogens is 1. The van der Waals surface area contributed by atoms with Gasteiger partial charge in [0, 0.05) is 24.1 Å². The highest BCUT2D eigenvalue weighted by Gasteiger charge is 2.44. The topological polar surface area (TPSA) is 88.4 Å². The standard InChI is InChI=1S/C27H16F8N2O4/c28-18-7-3-8-19(29)23(18)24(39)36-20(25(40)41)10-13-4-1-6-15-14(13)5-2-9-21(15)37-12-17(27(33,34)35)16(11-22(37)38)26(30,31)32/h1-9,11-12,20H,10H2,(H,36,39)(H,40,41)/t20-/m0/s1. The van der Waals surface area contributed by atoms with E-state index in [0.29, 0.717) is 4.57 Å². The SMILES string of the molecule is O=C(N[C@@H](Cc1cccc2c(-n3cc(C(F)(F)F)c(C(F)(F)F)cc3=O)cccc12)C(=O)O)c1c(F)cccc1F. The highest BCUT2D eigenvalue weighted by molar-refractivity contribution is 5.97. The summed E-state index contributed by atoms with van der Waals surface area (Å²) in [6.45, 7) is 0. The van der Waals surface area contributed by atoms with Crippen LogP contribution in [0.4, 0.5) is 35.1 Å². The van der Waals surface area contributed by atoms with Gasteiger partial charge in [0.05, 0.1) is 16.8 Å². The number of hydrogen-bond donors (Lipinski definition) is 2. The molecule has 0 saturated carbocycles. The van der Waals surface area contributed by atoms with Crippen molar-refractivity contribution in [2.24, 2.45) is 0 Å². The normalized spacial score (nSPS) is 12.8. The number of benzene rings is 3. The molecule has 14 heteroatoms. The van der Waals surface area contributed by atoms with E-state index in [1.165, 1.54) is 36.4 Å². The first-order valence-electron chi connectivity index (χ1n) is 11.5. The van der Waals surface area contributed by atoms with Gasteiger partial charge in [-0.25, -0.2) is 13.6 Å². The van der Waals surface area contributed by atoms with Gasteiger partial charge in [0.1, 0.15) is 23.2 Å². The van der Waals surface area contributed by atoms with Crippen molar-refractivity contribution in [3.63, 3.8) is 0 Å². The minimum absolute atomic E-state index is 0.0375. The number of fused-ring (bicyclic) bond motifs is 1. The molecule has 1 aromatic heterocycles. The van der Waals surface area contributed by atoms with E-state index >= 15 is 0 Å². The number of aliphatic carboxylic acids is 1. The molecule has 6 nitrogen and oxygen atoms in total. The maximum atomic E-state index is 14.0. The number of alkyl halides is 6. The van der Waals surface area contributed by atoms with E-state index < -0.39 is 70.6 Å². The fourth-order valence-corrected chi connectivity index (χ4v) is 4.29. The third-order valence-corrected chi connectivity index (χ3v) is 6.13. The van der Waals surface area contributed by atoms with Crippen molar-refractivity contribution >= 4 is 22.6 Å². The molecule has 0 spiro atoms. The number of halogens is 8. The first-order chi connectivity index (χ1) is 19.1. The Morgan fingerprint density at radius 1 is 0.829 bits per heavy atom. The second kappa shape index (κ2) is 10.7. The van der Waals surface area contributed by atoms with Crippen molar-refractivity contribution in [3.8, 4) is 5.69 Å². The number of carbonyl (C=O) groups excluding carboxylic acids is 1. The van der Waals surface area contributed by atoms with Gasteiger partial charge in [0.15, 0.2) is 0 Å². The van der Waals surface area contributed by atoms with Gasteiger partial charge in [0.2, 0.25) is 0 Å².